The first-order chi connectivity index (χ1) is 7.81. The van der Waals surface area contributed by atoms with Crippen molar-refractivity contribution in [3.8, 4) is 0 Å². The summed E-state index contributed by atoms with van der Waals surface area (Å²) in [5, 5.41) is 6.73. The highest BCUT2D eigenvalue weighted by Crippen LogP contribution is 2.21. The fraction of sp³-hybridized carbons (Fsp3) is 0.455. The normalized spacial score (nSPS) is 11.1. The third-order valence-electron chi connectivity index (χ3n) is 1.65. The van der Waals surface area contributed by atoms with E-state index in [9.17, 15) is 4.79 Å². The van der Waals surface area contributed by atoms with Gasteiger partial charge in [-0.15, -0.1) is 6.58 Å². The summed E-state index contributed by atoms with van der Waals surface area (Å²) in [4.78, 5) is 11.5. The van der Waals surface area contributed by atoms with Crippen molar-refractivity contribution < 1.29 is 9.53 Å². The average Bonchev–Trinajstić information content (AvgIpc) is 2.44. The summed E-state index contributed by atoms with van der Waals surface area (Å²) < 4.78 is 7.48. The molecule has 0 aliphatic heterocycles. The molecule has 6 heteroatoms. The second-order valence-corrected chi connectivity index (χ2v) is 5.32. The Morgan fingerprint density at radius 3 is 2.88 bits per heavy atom. The van der Waals surface area contributed by atoms with Gasteiger partial charge in [0.1, 0.15) is 5.60 Å². The SMILES string of the molecule is C=CCn1cc(Br)c(NC(=O)OC(C)(C)C)n1. The number of nitrogens with zero attached hydrogens (tertiary/aromatic N) is 2. The van der Waals surface area contributed by atoms with E-state index in [0.29, 0.717) is 16.8 Å². The van der Waals surface area contributed by atoms with Crippen molar-refractivity contribution in [3.05, 3.63) is 23.3 Å². The highest BCUT2D eigenvalue weighted by atomic mass is 79.9. The van der Waals surface area contributed by atoms with Crippen molar-refractivity contribution in [1.29, 1.82) is 0 Å². The monoisotopic (exact) mass is 301 g/mol. The molecule has 1 aromatic rings. The highest BCUT2D eigenvalue weighted by Gasteiger charge is 2.18. The molecule has 0 aromatic carbocycles. The number of ether oxygens (including phenoxy) is 1. The lowest BCUT2D eigenvalue weighted by atomic mass is 10.2. The molecule has 0 aliphatic carbocycles. The Hall–Kier alpha value is -1.30. The third kappa shape index (κ3) is 4.60. The summed E-state index contributed by atoms with van der Waals surface area (Å²) in [7, 11) is 0. The molecule has 0 unspecified atom stereocenters. The lowest BCUT2D eigenvalue weighted by molar-refractivity contribution is 0.0635. The van der Waals surface area contributed by atoms with Crippen LogP contribution < -0.4 is 5.32 Å². The molecular weight excluding hydrogens is 286 g/mol. The van der Waals surface area contributed by atoms with Crippen LogP contribution in [0.5, 0.6) is 0 Å². The quantitative estimate of drug-likeness (QED) is 0.872. The molecule has 1 aromatic heterocycles. The van der Waals surface area contributed by atoms with E-state index in [2.05, 4.69) is 32.9 Å². The van der Waals surface area contributed by atoms with Gasteiger partial charge in [0.25, 0.3) is 0 Å². The van der Waals surface area contributed by atoms with Gasteiger partial charge < -0.3 is 4.74 Å². The Morgan fingerprint density at radius 2 is 2.35 bits per heavy atom. The van der Waals surface area contributed by atoms with E-state index in [1.54, 1.807) is 37.7 Å². The zero-order valence-corrected chi connectivity index (χ0v) is 11.7. The summed E-state index contributed by atoms with van der Waals surface area (Å²) in [6.07, 6.45) is 2.95. The van der Waals surface area contributed by atoms with Crippen molar-refractivity contribution in [1.82, 2.24) is 9.78 Å². The van der Waals surface area contributed by atoms with Crippen molar-refractivity contribution in [2.24, 2.45) is 0 Å². The molecule has 5 nitrogen and oxygen atoms in total. The molecule has 0 fully saturated rings. The van der Waals surface area contributed by atoms with Gasteiger partial charge in [0.15, 0.2) is 5.82 Å². The molecule has 1 amide bonds. The number of halogens is 1. The van der Waals surface area contributed by atoms with E-state index < -0.39 is 11.7 Å². The fourth-order valence-corrected chi connectivity index (χ4v) is 1.52. The first-order valence-electron chi connectivity index (χ1n) is 5.15. The van der Waals surface area contributed by atoms with Gasteiger partial charge in [0.2, 0.25) is 0 Å². The van der Waals surface area contributed by atoms with Crippen molar-refractivity contribution in [2.45, 2.75) is 32.9 Å². The lowest BCUT2D eigenvalue weighted by Gasteiger charge is -2.19. The summed E-state index contributed by atoms with van der Waals surface area (Å²) in [6.45, 7) is 9.60. The molecule has 0 saturated carbocycles. The zero-order valence-electron chi connectivity index (χ0n) is 10.2. The number of carbonyl (C=O) groups excluding carboxylic acids is 1. The first-order valence-corrected chi connectivity index (χ1v) is 5.95. The maximum atomic E-state index is 11.5. The highest BCUT2D eigenvalue weighted by molar-refractivity contribution is 9.10. The number of rotatable bonds is 3. The Labute approximate surface area is 109 Å². The number of aromatic nitrogens is 2. The van der Waals surface area contributed by atoms with Crippen LogP contribution >= 0.6 is 15.9 Å². The Bertz CT molecular complexity index is 421. The van der Waals surface area contributed by atoms with Crippen LogP contribution in [-0.2, 0) is 11.3 Å². The molecule has 0 radical (unpaired) electrons. The maximum absolute atomic E-state index is 11.5. The minimum absolute atomic E-state index is 0.432. The van der Waals surface area contributed by atoms with Gasteiger partial charge in [0, 0.05) is 6.20 Å². The first kappa shape index (κ1) is 13.8. The minimum atomic E-state index is -0.528. The van der Waals surface area contributed by atoms with Crippen molar-refractivity contribution in [2.75, 3.05) is 5.32 Å². The predicted molar refractivity (Wildman–Crippen MR) is 70.0 cm³/mol. The summed E-state index contributed by atoms with van der Waals surface area (Å²) >= 11 is 3.31. The predicted octanol–water partition coefficient (Wildman–Crippen LogP) is 3.18. The minimum Gasteiger partial charge on any atom is -0.444 e. The topological polar surface area (TPSA) is 56.2 Å². The zero-order chi connectivity index (χ0) is 13.1. The number of hydrogen-bond acceptors (Lipinski definition) is 3. The number of carbonyl (C=O) groups is 1. The lowest BCUT2D eigenvalue weighted by Crippen LogP contribution is -2.27. The number of hydrogen-bond donors (Lipinski definition) is 1. The molecule has 0 saturated heterocycles. The summed E-state index contributed by atoms with van der Waals surface area (Å²) in [5.41, 5.74) is -0.528. The Balaban J connectivity index is 2.68. The van der Waals surface area contributed by atoms with Gasteiger partial charge >= 0.3 is 6.09 Å². The molecule has 0 atom stereocenters. The van der Waals surface area contributed by atoms with Crippen LogP contribution in [0.3, 0.4) is 0 Å². The maximum Gasteiger partial charge on any atom is 0.413 e. The van der Waals surface area contributed by atoms with E-state index >= 15 is 0 Å². The Kier molecular flexibility index (Phi) is 4.34. The van der Waals surface area contributed by atoms with E-state index in [-0.39, 0.29) is 0 Å². The van der Waals surface area contributed by atoms with Crippen LogP contribution in [-0.4, -0.2) is 21.5 Å². The molecule has 1 rings (SSSR count). The van der Waals surface area contributed by atoms with Crippen LogP contribution in [0.4, 0.5) is 10.6 Å². The van der Waals surface area contributed by atoms with Gasteiger partial charge in [0.05, 0.1) is 11.0 Å². The van der Waals surface area contributed by atoms with E-state index in [1.807, 2.05) is 0 Å². The molecule has 94 valence electrons. The van der Waals surface area contributed by atoms with Crippen molar-refractivity contribution >= 4 is 27.8 Å². The van der Waals surface area contributed by atoms with Crippen molar-refractivity contribution in [3.63, 3.8) is 0 Å². The van der Waals surface area contributed by atoms with Crippen LogP contribution in [0.25, 0.3) is 0 Å². The molecule has 0 aliphatic rings. The van der Waals surface area contributed by atoms with Gasteiger partial charge in [-0.25, -0.2) is 4.79 Å². The molecule has 1 N–H and O–H groups in total. The molecule has 0 spiro atoms. The van der Waals surface area contributed by atoms with Crippen LogP contribution in [0.2, 0.25) is 0 Å². The van der Waals surface area contributed by atoms with Gasteiger partial charge in [-0.3, -0.25) is 10.00 Å². The van der Waals surface area contributed by atoms with Crippen LogP contribution in [0.1, 0.15) is 20.8 Å². The number of allylic oxidation sites excluding steroid dienone is 1. The van der Waals surface area contributed by atoms with Gasteiger partial charge in [-0.2, -0.15) is 5.10 Å². The number of anilines is 1. The standard InChI is InChI=1S/C11H16BrN3O2/c1-5-6-15-7-8(12)9(14-15)13-10(16)17-11(2,3)4/h5,7H,1,6H2,2-4H3,(H,13,14,16). The molecule has 0 bridgehead atoms. The molecule has 17 heavy (non-hydrogen) atoms. The molecule has 1 heterocycles. The number of amides is 1. The smallest absolute Gasteiger partial charge is 0.413 e. The third-order valence-corrected chi connectivity index (χ3v) is 2.23. The second kappa shape index (κ2) is 5.35. The van der Waals surface area contributed by atoms with E-state index in [0.717, 1.165) is 0 Å². The number of nitrogens with one attached hydrogen (secondary N) is 1. The Morgan fingerprint density at radius 1 is 1.71 bits per heavy atom. The van der Waals surface area contributed by atoms with E-state index in [4.69, 9.17) is 4.74 Å². The largest absolute Gasteiger partial charge is 0.444 e. The van der Waals surface area contributed by atoms with Gasteiger partial charge in [-0.05, 0) is 36.7 Å². The second-order valence-electron chi connectivity index (χ2n) is 4.46. The fourth-order valence-electron chi connectivity index (χ4n) is 1.11. The van der Waals surface area contributed by atoms with E-state index in [1.165, 1.54) is 0 Å². The average molecular weight is 302 g/mol. The summed E-state index contributed by atoms with van der Waals surface area (Å²) in [5.74, 6) is 0.432. The summed E-state index contributed by atoms with van der Waals surface area (Å²) in [6, 6.07) is 0. The van der Waals surface area contributed by atoms with Crippen LogP contribution in [0, 0.1) is 0 Å². The van der Waals surface area contributed by atoms with Gasteiger partial charge in [-0.1, -0.05) is 6.08 Å². The van der Waals surface area contributed by atoms with Crippen LogP contribution in [0.15, 0.2) is 23.3 Å². The molecular formula is C11H16BrN3O2.